The molecular weight excluding hydrogens is 400 g/mol. The summed E-state index contributed by atoms with van der Waals surface area (Å²) in [5, 5.41) is 15.7. The zero-order valence-electron chi connectivity index (χ0n) is 12.4. The molecule has 0 aromatic heterocycles. The topological polar surface area (TPSA) is 61.4 Å². The highest BCUT2D eigenvalue weighted by atomic mass is 79.9. The van der Waals surface area contributed by atoms with Crippen LogP contribution < -0.4 is 10.6 Å². The molecule has 0 aliphatic rings. The van der Waals surface area contributed by atoms with E-state index in [4.69, 9.17) is 23.8 Å². The molecule has 0 aliphatic heterocycles. The fourth-order valence-corrected chi connectivity index (χ4v) is 3.04. The smallest absolute Gasteiger partial charge is 0.258 e. The first-order valence-corrected chi connectivity index (χ1v) is 8.23. The summed E-state index contributed by atoms with van der Waals surface area (Å²) >= 11 is 14.5. The Labute approximate surface area is 153 Å². The molecule has 0 aliphatic carbocycles. The number of halogens is 2. The predicted octanol–water partition coefficient (Wildman–Crippen LogP) is 4.55. The van der Waals surface area contributed by atoms with E-state index in [0.29, 0.717) is 26.3 Å². The molecule has 0 saturated heterocycles. The third-order valence-electron chi connectivity index (χ3n) is 3.11. The summed E-state index contributed by atoms with van der Waals surface area (Å²) < 4.78 is 0.538. The Morgan fingerprint density at radius 3 is 2.57 bits per heavy atom. The Hall–Kier alpha value is -1.63. The van der Waals surface area contributed by atoms with E-state index in [-0.39, 0.29) is 16.8 Å². The summed E-state index contributed by atoms with van der Waals surface area (Å²) in [5.41, 5.74) is 2.64. The first kappa shape index (κ1) is 17.7. The van der Waals surface area contributed by atoms with Gasteiger partial charge in [-0.1, -0.05) is 17.7 Å². The largest absolute Gasteiger partial charge is 0.506 e. The van der Waals surface area contributed by atoms with Crippen LogP contribution in [-0.4, -0.2) is 16.1 Å². The summed E-state index contributed by atoms with van der Waals surface area (Å²) in [4.78, 5) is 12.2. The third kappa shape index (κ3) is 4.43. The number of anilines is 1. The highest BCUT2D eigenvalue weighted by molar-refractivity contribution is 9.10. The van der Waals surface area contributed by atoms with Gasteiger partial charge in [-0.2, -0.15) is 0 Å². The van der Waals surface area contributed by atoms with Crippen molar-refractivity contribution in [3.63, 3.8) is 0 Å². The van der Waals surface area contributed by atoms with Crippen LogP contribution in [0.25, 0.3) is 0 Å². The standard InChI is InChI=1S/C16H14BrClN2O2S/c1-8-3-4-11(13(18)5-8)15(22)20-16(23)19-10-6-9(2)14(21)12(17)7-10/h3-7,21H,1-2H3,(H2,19,20,22,23). The van der Waals surface area contributed by atoms with E-state index < -0.39 is 0 Å². The lowest BCUT2D eigenvalue weighted by atomic mass is 10.1. The van der Waals surface area contributed by atoms with Crippen LogP contribution in [0.4, 0.5) is 5.69 Å². The first-order valence-electron chi connectivity index (χ1n) is 6.65. The maximum absolute atomic E-state index is 12.2. The molecule has 0 saturated carbocycles. The summed E-state index contributed by atoms with van der Waals surface area (Å²) in [6, 6.07) is 8.55. The number of benzene rings is 2. The molecule has 0 heterocycles. The fourth-order valence-electron chi connectivity index (χ4n) is 1.95. The number of phenolic OH excluding ortho intramolecular Hbond substituents is 1. The van der Waals surface area contributed by atoms with Crippen LogP contribution in [0.2, 0.25) is 5.02 Å². The zero-order valence-corrected chi connectivity index (χ0v) is 15.6. The highest BCUT2D eigenvalue weighted by Crippen LogP contribution is 2.30. The van der Waals surface area contributed by atoms with Gasteiger partial charge >= 0.3 is 0 Å². The van der Waals surface area contributed by atoms with E-state index in [1.807, 2.05) is 6.92 Å². The molecule has 0 atom stereocenters. The van der Waals surface area contributed by atoms with Gasteiger partial charge in [0.15, 0.2) is 5.11 Å². The predicted molar refractivity (Wildman–Crippen MR) is 100 cm³/mol. The number of carbonyl (C=O) groups is 1. The number of aromatic hydroxyl groups is 1. The van der Waals surface area contributed by atoms with Crippen molar-refractivity contribution in [2.45, 2.75) is 13.8 Å². The van der Waals surface area contributed by atoms with Gasteiger partial charge in [0.1, 0.15) is 5.75 Å². The molecule has 0 spiro atoms. The van der Waals surface area contributed by atoms with Gasteiger partial charge in [0.05, 0.1) is 15.1 Å². The third-order valence-corrected chi connectivity index (χ3v) is 4.23. The summed E-state index contributed by atoms with van der Waals surface area (Å²) in [7, 11) is 0. The van der Waals surface area contributed by atoms with Crippen LogP contribution in [0.5, 0.6) is 5.75 Å². The fraction of sp³-hybridized carbons (Fsp3) is 0.125. The Morgan fingerprint density at radius 1 is 1.26 bits per heavy atom. The van der Waals surface area contributed by atoms with Crippen molar-refractivity contribution in [3.8, 4) is 5.75 Å². The van der Waals surface area contributed by atoms with Crippen molar-refractivity contribution in [1.82, 2.24) is 5.32 Å². The van der Waals surface area contributed by atoms with E-state index in [1.165, 1.54) is 0 Å². The molecule has 23 heavy (non-hydrogen) atoms. The molecule has 2 aromatic carbocycles. The second-order valence-corrected chi connectivity index (χ2v) is 6.68. The van der Waals surface area contributed by atoms with E-state index in [9.17, 15) is 9.90 Å². The molecule has 1 amide bonds. The molecule has 2 rings (SSSR count). The Morgan fingerprint density at radius 2 is 1.96 bits per heavy atom. The molecule has 3 N–H and O–H groups in total. The number of aryl methyl sites for hydroxylation is 2. The number of amides is 1. The number of carbonyl (C=O) groups excluding carboxylic acids is 1. The second-order valence-electron chi connectivity index (χ2n) is 5.02. The average Bonchev–Trinajstić information content (AvgIpc) is 2.44. The van der Waals surface area contributed by atoms with Gasteiger partial charge in [-0.05, 0) is 77.4 Å². The molecule has 0 fully saturated rings. The van der Waals surface area contributed by atoms with E-state index >= 15 is 0 Å². The Kier molecular flexibility index (Phi) is 5.62. The molecule has 120 valence electrons. The van der Waals surface area contributed by atoms with Gasteiger partial charge < -0.3 is 10.4 Å². The minimum Gasteiger partial charge on any atom is -0.506 e. The Balaban J connectivity index is 2.09. The SMILES string of the molecule is Cc1ccc(C(=O)NC(=S)Nc2cc(C)c(O)c(Br)c2)c(Cl)c1. The van der Waals surface area contributed by atoms with Crippen molar-refractivity contribution in [1.29, 1.82) is 0 Å². The van der Waals surface area contributed by atoms with Gasteiger partial charge in [0, 0.05) is 5.69 Å². The van der Waals surface area contributed by atoms with Gasteiger partial charge in [0.25, 0.3) is 5.91 Å². The van der Waals surface area contributed by atoms with Crippen LogP contribution in [0, 0.1) is 13.8 Å². The number of hydrogen-bond donors (Lipinski definition) is 3. The van der Waals surface area contributed by atoms with Crippen molar-refractivity contribution < 1.29 is 9.90 Å². The number of nitrogens with one attached hydrogen (secondary N) is 2. The second kappa shape index (κ2) is 7.29. The minimum absolute atomic E-state index is 0.142. The quantitative estimate of drug-likeness (QED) is 0.499. The number of phenols is 1. The number of rotatable bonds is 2. The molecule has 4 nitrogen and oxygen atoms in total. The summed E-state index contributed by atoms with van der Waals surface area (Å²) in [5.74, 6) is -0.223. The van der Waals surface area contributed by atoms with Crippen LogP contribution in [-0.2, 0) is 0 Å². The monoisotopic (exact) mass is 412 g/mol. The van der Waals surface area contributed by atoms with E-state index in [0.717, 1.165) is 5.56 Å². The van der Waals surface area contributed by atoms with Gasteiger partial charge in [-0.3, -0.25) is 10.1 Å². The lowest BCUT2D eigenvalue weighted by Crippen LogP contribution is -2.34. The van der Waals surface area contributed by atoms with Crippen molar-refractivity contribution >= 4 is 56.5 Å². The molecule has 7 heteroatoms. The van der Waals surface area contributed by atoms with E-state index in [1.54, 1.807) is 37.3 Å². The van der Waals surface area contributed by atoms with Gasteiger partial charge in [-0.25, -0.2) is 0 Å². The summed E-state index contributed by atoms with van der Waals surface area (Å²) in [6.07, 6.45) is 0. The highest BCUT2D eigenvalue weighted by Gasteiger charge is 2.12. The van der Waals surface area contributed by atoms with Crippen molar-refractivity contribution in [2.75, 3.05) is 5.32 Å². The minimum atomic E-state index is -0.387. The lowest BCUT2D eigenvalue weighted by molar-refractivity contribution is 0.0978. The normalized spacial score (nSPS) is 10.3. The van der Waals surface area contributed by atoms with Gasteiger partial charge in [0.2, 0.25) is 0 Å². The van der Waals surface area contributed by atoms with E-state index in [2.05, 4.69) is 26.6 Å². The first-order chi connectivity index (χ1) is 10.8. The van der Waals surface area contributed by atoms with Crippen LogP contribution in [0.15, 0.2) is 34.8 Å². The number of thiocarbonyl (C=S) groups is 1. The Bertz CT molecular complexity index is 773. The van der Waals surface area contributed by atoms with Crippen LogP contribution in [0.1, 0.15) is 21.5 Å². The van der Waals surface area contributed by atoms with Crippen LogP contribution in [0.3, 0.4) is 0 Å². The summed E-state index contributed by atoms with van der Waals surface area (Å²) in [6.45, 7) is 3.66. The average molecular weight is 414 g/mol. The zero-order chi connectivity index (χ0) is 17.1. The van der Waals surface area contributed by atoms with Crippen LogP contribution >= 0.6 is 39.7 Å². The molecule has 0 unspecified atom stereocenters. The van der Waals surface area contributed by atoms with Crippen molar-refractivity contribution in [3.05, 3.63) is 56.5 Å². The molecule has 2 aromatic rings. The van der Waals surface area contributed by atoms with Crippen molar-refractivity contribution in [2.24, 2.45) is 0 Å². The molecule has 0 radical (unpaired) electrons. The maximum Gasteiger partial charge on any atom is 0.258 e. The number of hydrogen-bond acceptors (Lipinski definition) is 3. The lowest BCUT2D eigenvalue weighted by Gasteiger charge is -2.12. The molecule has 0 bridgehead atoms. The van der Waals surface area contributed by atoms with Gasteiger partial charge in [-0.15, -0.1) is 0 Å². The maximum atomic E-state index is 12.2. The molecular formula is C16H14BrClN2O2S.